The number of hydrogen-bond donors (Lipinski definition) is 3. The number of nitrogens with one attached hydrogen (secondary N) is 2. The van der Waals surface area contributed by atoms with Gasteiger partial charge >= 0.3 is 0 Å². The van der Waals surface area contributed by atoms with Crippen LogP contribution >= 0.6 is 0 Å². The molecule has 0 amide bonds. The third-order valence-corrected chi connectivity index (χ3v) is 1.63. The van der Waals surface area contributed by atoms with Gasteiger partial charge in [-0.3, -0.25) is 5.01 Å². The molecule has 0 saturated carbocycles. The Labute approximate surface area is 59.3 Å². The Morgan fingerprint density at radius 2 is 2.40 bits per heavy atom. The van der Waals surface area contributed by atoms with E-state index < -0.39 is 0 Å². The molecule has 10 heavy (non-hydrogen) atoms. The van der Waals surface area contributed by atoms with Gasteiger partial charge in [-0.05, 0) is 12.2 Å². The maximum Gasteiger partial charge on any atom is 0.117 e. The standard InChI is InChI=1S/C6H10N4/c7-5-1-2-6-8-4-9-10(6)3-5/h1-2,8-9H,3-4,7H2. The highest BCUT2D eigenvalue weighted by Gasteiger charge is 2.17. The second-order valence-corrected chi connectivity index (χ2v) is 2.39. The van der Waals surface area contributed by atoms with Crippen molar-refractivity contribution in [3.8, 4) is 0 Å². The third kappa shape index (κ3) is 0.733. The van der Waals surface area contributed by atoms with Gasteiger partial charge in [0.05, 0.1) is 13.2 Å². The summed E-state index contributed by atoms with van der Waals surface area (Å²) in [5, 5.41) is 5.15. The van der Waals surface area contributed by atoms with Crippen LogP contribution in [0.3, 0.4) is 0 Å². The molecular weight excluding hydrogens is 128 g/mol. The van der Waals surface area contributed by atoms with Crippen molar-refractivity contribution in [2.75, 3.05) is 13.2 Å². The average molecular weight is 138 g/mol. The molecule has 0 aromatic rings. The second kappa shape index (κ2) is 1.91. The van der Waals surface area contributed by atoms with Gasteiger partial charge in [-0.2, -0.15) is 0 Å². The molecule has 0 aliphatic carbocycles. The van der Waals surface area contributed by atoms with E-state index in [-0.39, 0.29) is 0 Å². The lowest BCUT2D eigenvalue weighted by Crippen LogP contribution is -2.34. The maximum absolute atomic E-state index is 5.60. The lowest BCUT2D eigenvalue weighted by Gasteiger charge is -2.20. The second-order valence-electron chi connectivity index (χ2n) is 2.39. The maximum atomic E-state index is 5.60. The van der Waals surface area contributed by atoms with Crippen molar-refractivity contribution in [1.82, 2.24) is 15.8 Å². The van der Waals surface area contributed by atoms with E-state index in [0.717, 1.165) is 24.7 Å². The molecule has 2 rings (SSSR count). The minimum absolute atomic E-state index is 0.777. The van der Waals surface area contributed by atoms with Crippen LogP contribution in [0.5, 0.6) is 0 Å². The zero-order chi connectivity index (χ0) is 6.97. The molecular formula is C6H10N4. The molecule has 0 unspecified atom stereocenters. The highest BCUT2D eigenvalue weighted by atomic mass is 15.6. The van der Waals surface area contributed by atoms with Gasteiger partial charge in [0.1, 0.15) is 5.82 Å². The summed E-state index contributed by atoms with van der Waals surface area (Å²) in [5.41, 5.74) is 9.61. The van der Waals surface area contributed by atoms with Gasteiger partial charge < -0.3 is 11.1 Å². The van der Waals surface area contributed by atoms with Gasteiger partial charge in [-0.25, -0.2) is 5.43 Å². The first kappa shape index (κ1) is 5.61. The molecule has 0 spiro atoms. The predicted octanol–water partition coefficient (Wildman–Crippen LogP) is -0.949. The zero-order valence-corrected chi connectivity index (χ0v) is 5.59. The van der Waals surface area contributed by atoms with Gasteiger partial charge in [0, 0.05) is 5.70 Å². The monoisotopic (exact) mass is 138 g/mol. The van der Waals surface area contributed by atoms with Crippen molar-refractivity contribution >= 4 is 0 Å². The Hall–Kier alpha value is -1.16. The van der Waals surface area contributed by atoms with E-state index in [1.54, 1.807) is 0 Å². The van der Waals surface area contributed by atoms with E-state index in [1.165, 1.54) is 0 Å². The molecule has 2 aliphatic heterocycles. The lowest BCUT2D eigenvalue weighted by molar-refractivity contribution is 0.317. The van der Waals surface area contributed by atoms with E-state index >= 15 is 0 Å². The molecule has 1 fully saturated rings. The van der Waals surface area contributed by atoms with Crippen molar-refractivity contribution in [1.29, 1.82) is 0 Å². The van der Waals surface area contributed by atoms with Crippen LogP contribution in [0.1, 0.15) is 0 Å². The predicted molar refractivity (Wildman–Crippen MR) is 38.2 cm³/mol. The number of allylic oxidation sites excluding steroid dienone is 2. The van der Waals surface area contributed by atoms with Crippen molar-refractivity contribution in [2.24, 2.45) is 5.73 Å². The Morgan fingerprint density at radius 3 is 3.30 bits per heavy atom. The van der Waals surface area contributed by atoms with Crippen LogP contribution in [0.4, 0.5) is 0 Å². The van der Waals surface area contributed by atoms with Gasteiger partial charge in [0.2, 0.25) is 0 Å². The molecule has 2 heterocycles. The third-order valence-electron chi connectivity index (χ3n) is 1.63. The quantitative estimate of drug-likeness (QED) is 0.404. The first-order valence-corrected chi connectivity index (χ1v) is 3.27. The Kier molecular flexibility index (Phi) is 1.07. The first-order valence-electron chi connectivity index (χ1n) is 3.27. The van der Waals surface area contributed by atoms with Crippen LogP contribution in [0.2, 0.25) is 0 Å². The summed E-state index contributed by atoms with van der Waals surface area (Å²) < 4.78 is 0. The number of hydrogen-bond acceptors (Lipinski definition) is 4. The Balaban J connectivity index is 2.22. The average Bonchev–Trinajstić information content (AvgIpc) is 2.33. The van der Waals surface area contributed by atoms with Crippen LogP contribution < -0.4 is 16.5 Å². The van der Waals surface area contributed by atoms with Crippen LogP contribution in [0.25, 0.3) is 0 Å². The topological polar surface area (TPSA) is 53.3 Å². The van der Waals surface area contributed by atoms with Crippen LogP contribution in [-0.4, -0.2) is 18.2 Å². The number of hydrazine groups is 1. The normalized spacial score (nSPS) is 23.0. The summed E-state index contributed by atoms with van der Waals surface area (Å²) in [6.45, 7) is 1.58. The summed E-state index contributed by atoms with van der Waals surface area (Å²) in [7, 11) is 0. The largest absolute Gasteiger partial charge is 0.401 e. The number of rotatable bonds is 0. The smallest absolute Gasteiger partial charge is 0.117 e. The summed E-state index contributed by atoms with van der Waals surface area (Å²) in [6.07, 6.45) is 3.89. The van der Waals surface area contributed by atoms with Crippen LogP contribution in [0.15, 0.2) is 23.7 Å². The van der Waals surface area contributed by atoms with E-state index in [2.05, 4.69) is 10.7 Å². The molecule has 2 aliphatic rings. The molecule has 0 atom stereocenters. The fourth-order valence-electron chi connectivity index (χ4n) is 1.12. The van der Waals surface area contributed by atoms with Crippen molar-refractivity contribution in [2.45, 2.75) is 0 Å². The molecule has 54 valence electrons. The van der Waals surface area contributed by atoms with Gasteiger partial charge in [-0.15, -0.1) is 0 Å². The van der Waals surface area contributed by atoms with E-state index in [1.807, 2.05) is 17.2 Å². The first-order chi connectivity index (χ1) is 4.86. The summed E-state index contributed by atoms with van der Waals surface area (Å²) in [6, 6.07) is 0. The fraction of sp³-hybridized carbons (Fsp3) is 0.333. The Bertz CT molecular complexity index is 206. The lowest BCUT2D eigenvalue weighted by atomic mass is 10.3. The SMILES string of the molecule is NC1=CC=C2NCNN2C1. The van der Waals surface area contributed by atoms with E-state index in [9.17, 15) is 0 Å². The van der Waals surface area contributed by atoms with Crippen molar-refractivity contribution < 1.29 is 0 Å². The van der Waals surface area contributed by atoms with Crippen LogP contribution in [0, 0.1) is 0 Å². The molecule has 0 bridgehead atoms. The van der Waals surface area contributed by atoms with Gasteiger partial charge in [-0.1, -0.05) is 0 Å². The van der Waals surface area contributed by atoms with Crippen LogP contribution in [-0.2, 0) is 0 Å². The minimum atomic E-state index is 0.777. The molecule has 4 nitrogen and oxygen atoms in total. The summed E-state index contributed by atoms with van der Waals surface area (Å²) in [4.78, 5) is 0. The molecule has 0 aromatic heterocycles. The zero-order valence-electron chi connectivity index (χ0n) is 5.59. The molecule has 0 aromatic carbocycles. The minimum Gasteiger partial charge on any atom is -0.401 e. The number of nitrogens with two attached hydrogens (primary N) is 1. The summed E-state index contributed by atoms with van der Waals surface area (Å²) in [5.74, 6) is 1.11. The number of fused-ring (bicyclic) bond motifs is 1. The fourth-order valence-corrected chi connectivity index (χ4v) is 1.12. The molecule has 4 N–H and O–H groups in total. The van der Waals surface area contributed by atoms with Crippen molar-refractivity contribution in [3.63, 3.8) is 0 Å². The highest BCUT2D eigenvalue weighted by molar-refractivity contribution is 5.22. The highest BCUT2D eigenvalue weighted by Crippen LogP contribution is 2.09. The number of nitrogens with zero attached hydrogens (tertiary/aromatic N) is 1. The van der Waals surface area contributed by atoms with Gasteiger partial charge in [0.25, 0.3) is 0 Å². The van der Waals surface area contributed by atoms with E-state index in [4.69, 9.17) is 5.73 Å². The Morgan fingerprint density at radius 1 is 1.50 bits per heavy atom. The molecule has 0 radical (unpaired) electrons. The van der Waals surface area contributed by atoms with Gasteiger partial charge in [0.15, 0.2) is 0 Å². The molecule has 4 heteroatoms. The van der Waals surface area contributed by atoms with Crippen molar-refractivity contribution in [3.05, 3.63) is 23.7 Å². The summed E-state index contributed by atoms with van der Waals surface area (Å²) >= 11 is 0. The van der Waals surface area contributed by atoms with E-state index in [0.29, 0.717) is 0 Å². The molecule has 1 saturated heterocycles.